The molecular weight excluding hydrogens is 387 g/mol. The average Bonchev–Trinajstić information content (AvgIpc) is 3.36. The van der Waals surface area contributed by atoms with E-state index in [4.69, 9.17) is 0 Å². The quantitative estimate of drug-likeness (QED) is 0.705. The van der Waals surface area contributed by atoms with Crippen LogP contribution in [0.4, 0.5) is 15.2 Å². The molecule has 3 aromatic rings. The van der Waals surface area contributed by atoms with Gasteiger partial charge in [0.25, 0.3) is 5.91 Å². The number of piperazine rings is 1. The van der Waals surface area contributed by atoms with Gasteiger partial charge in [0.1, 0.15) is 10.8 Å². The molecule has 2 aromatic heterocycles. The maximum Gasteiger partial charge on any atom is 0.286 e. The molecule has 140 valence electrons. The number of hydrogen-bond acceptors (Lipinski definition) is 8. The first kappa shape index (κ1) is 18.0. The van der Waals surface area contributed by atoms with Crippen LogP contribution in [0.15, 0.2) is 35.8 Å². The van der Waals surface area contributed by atoms with Crippen LogP contribution in [0.1, 0.15) is 14.8 Å². The number of anilines is 2. The van der Waals surface area contributed by atoms with Gasteiger partial charge < -0.3 is 10.2 Å². The maximum atomic E-state index is 12.9. The second-order valence-electron chi connectivity index (χ2n) is 6.04. The standard InChI is InChI=1S/C17H17FN6OS2/c18-12-1-3-13(4-2-12)20-15(25)16-22-21-14(27-16)11-23-6-8-24(9-7-23)17-19-5-10-26-17/h1-5,10H,6-9,11H2,(H,20,25). The first-order valence-corrected chi connectivity index (χ1v) is 10.1. The van der Waals surface area contributed by atoms with E-state index < -0.39 is 0 Å². The van der Waals surface area contributed by atoms with Crippen LogP contribution in [0.3, 0.4) is 0 Å². The van der Waals surface area contributed by atoms with Crippen LogP contribution in [0, 0.1) is 5.82 Å². The zero-order valence-electron chi connectivity index (χ0n) is 14.3. The Morgan fingerprint density at radius 1 is 1.15 bits per heavy atom. The van der Waals surface area contributed by atoms with E-state index in [9.17, 15) is 9.18 Å². The highest BCUT2D eigenvalue weighted by molar-refractivity contribution is 7.13. The highest BCUT2D eigenvalue weighted by Crippen LogP contribution is 2.20. The Bertz CT molecular complexity index is 891. The lowest BCUT2D eigenvalue weighted by molar-refractivity contribution is 0.102. The molecule has 1 fully saturated rings. The summed E-state index contributed by atoms with van der Waals surface area (Å²) in [5, 5.41) is 15.0. The number of nitrogens with zero attached hydrogens (tertiary/aromatic N) is 5. The zero-order chi connectivity index (χ0) is 18.6. The van der Waals surface area contributed by atoms with Crippen molar-refractivity contribution >= 4 is 39.4 Å². The van der Waals surface area contributed by atoms with Gasteiger partial charge in [-0.1, -0.05) is 11.3 Å². The van der Waals surface area contributed by atoms with Crippen molar-refractivity contribution in [3.05, 3.63) is 51.7 Å². The number of thiazole rings is 1. The molecule has 0 unspecified atom stereocenters. The van der Waals surface area contributed by atoms with Crippen LogP contribution in [0.25, 0.3) is 0 Å². The molecule has 0 radical (unpaired) electrons. The zero-order valence-corrected chi connectivity index (χ0v) is 16.0. The SMILES string of the molecule is O=C(Nc1ccc(F)cc1)c1nnc(CN2CCN(c3nccs3)CC2)s1. The van der Waals surface area contributed by atoms with Crippen molar-refractivity contribution in [1.29, 1.82) is 0 Å². The monoisotopic (exact) mass is 404 g/mol. The summed E-state index contributed by atoms with van der Waals surface area (Å²) in [5.41, 5.74) is 0.524. The van der Waals surface area contributed by atoms with Gasteiger partial charge in [0.05, 0.1) is 6.54 Å². The van der Waals surface area contributed by atoms with Crippen LogP contribution >= 0.6 is 22.7 Å². The summed E-state index contributed by atoms with van der Waals surface area (Å²) in [6, 6.07) is 5.62. The summed E-state index contributed by atoms with van der Waals surface area (Å²) in [4.78, 5) is 21.2. The van der Waals surface area contributed by atoms with Crippen LogP contribution < -0.4 is 10.2 Å². The van der Waals surface area contributed by atoms with Gasteiger partial charge in [-0.2, -0.15) is 0 Å². The van der Waals surface area contributed by atoms with Crippen LogP contribution in [-0.4, -0.2) is 52.2 Å². The van der Waals surface area contributed by atoms with Gasteiger partial charge in [-0.25, -0.2) is 9.37 Å². The predicted octanol–water partition coefficient (Wildman–Crippen LogP) is 2.71. The lowest BCUT2D eigenvalue weighted by Crippen LogP contribution is -2.45. The van der Waals surface area contributed by atoms with Gasteiger partial charge in [-0.15, -0.1) is 21.5 Å². The number of aromatic nitrogens is 3. The Kier molecular flexibility index (Phi) is 5.37. The van der Waals surface area contributed by atoms with E-state index in [1.807, 2.05) is 11.6 Å². The topological polar surface area (TPSA) is 74.2 Å². The van der Waals surface area contributed by atoms with Gasteiger partial charge in [-0.05, 0) is 24.3 Å². The molecule has 3 heterocycles. The third-order valence-corrected chi connectivity index (χ3v) is 5.92. The molecule has 1 saturated heterocycles. The molecule has 0 atom stereocenters. The summed E-state index contributed by atoms with van der Waals surface area (Å²) in [7, 11) is 0. The molecular formula is C17H17FN6OS2. The van der Waals surface area contributed by atoms with Gasteiger partial charge in [0.2, 0.25) is 5.01 Å². The number of halogens is 1. The van der Waals surface area contributed by atoms with Crippen molar-refractivity contribution in [3.63, 3.8) is 0 Å². The normalized spacial score (nSPS) is 15.1. The summed E-state index contributed by atoms with van der Waals surface area (Å²) in [6.45, 7) is 4.34. The molecule has 1 amide bonds. The van der Waals surface area contributed by atoms with Gasteiger partial charge in [-0.3, -0.25) is 9.69 Å². The lowest BCUT2D eigenvalue weighted by atomic mass is 10.3. The molecule has 1 aromatic carbocycles. The smallest absolute Gasteiger partial charge is 0.286 e. The molecule has 1 aliphatic heterocycles. The number of amides is 1. The van der Waals surface area contributed by atoms with Crippen molar-refractivity contribution in [1.82, 2.24) is 20.1 Å². The Morgan fingerprint density at radius 2 is 1.93 bits per heavy atom. The average molecular weight is 404 g/mol. The maximum absolute atomic E-state index is 12.9. The van der Waals surface area contributed by atoms with Crippen molar-refractivity contribution in [2.24, 2.45) is 0 Å². The molecule has 1 aliphatic rings. The third-order valence-electron chi connectivity index (χ3n) is 4.18. The molecule has 27 heavy (non-hydrogen) atoms. The van der Waals surface area contributed by atoms with E-state index >= 15 is 0 Å². The van der Waals surface area contributed by atoms with Crippen LogP contribution in [0.5, 0.6) is 0 Å². The molecule has 10 heteroatoms. The molecule has 0 spiro atoms. The van der Waals surface area contributed by atoms with Gasteiger partial charge in [0, 0.05) is 43.4 Å². The molecule has 0 saturated carbocycles. The van der Waals surface area contributed by atoms with Crippen molar-refractivity contribution in [2.75, 3.05) is 36.4 Å². The highest BCUT2D eigenvalue weighted by Gasteiger charge is 2.21. The van der Waals surface area contributed by atoms with Crippen LogP contribution in [0.2, 0.25) is 0 Å². The minimum atomic E-state index is -0.346. The van der Waals surface area contributed by atoms with Crippen molar-refractivity contribution in [3.8, 4) is 0 Å². The van der Waals surface area contributed by atoms with E-state index in [1.165, 1.54) is 35.6 Å². The summed E-state index contributed by atoms with van der Waals surface area (Å²) in [5.74, 6) is -0.680. The van der Waals surface area contributed by atoms with Crippen molar-refractivity contribution < 1.29 is 9.18 Å². The fourth-order valence-corrected chi connectivity index (χ4v) is 4.26. The summed E-state index contributed by atoms with van der Waals surface area (Å²) >= 11 is 2.94. The number of benzene rings is 1. The van der Waals surface area contributed by atoms with Gasteiger partial charge in [0.15, 0.2) is 5.13 Å². The summed E-state index contributed by atoms with van der Waals surface area (Å²) in [6.07, 6.45) is 1.83. The van der Waals surface area contributed by atoms with Crippen molar-refractivity contribution in [2.45, 2.75) is 6.54 Å². The Morgan fingerprint density at radius 3 is 2.63 bits per heavy atom. The first-order valence-electron chi connectivity index (χ1n) is 8.43. The lowest BCUT2D eigenvalue weighted by Gasteiger charge is -2.33. The van der Waals surface area contributed by atoms with E-state index in [0.717, 1.165) is 36.3 Å². The first-order chi connectivity index (χ1) is 13.2. The fourth-order valence-electron chi connectivity index (χ4n) is 2.79. The number of nitrogens with one attached hydrogen (secondary N) is 1. The molecule has 4 rings (SSSR count). The minimum absolute atomic E-state index is 0.302. The van der Waals surface area contributed by atoms with E-state index in [-0.39, 0.29) is 11.7 Å². The largest absolute Gasteiger partial charge is 0.346 e. The Labute approximate surface area is 163 Å². The van der Waals surface area contributed by atoms with Crippen LogP contribution in [-0.2, 0) is 6.54 Å². The molecule has 0 aliphatic carbocycles. The predicted molar refractivity (Wildman–Crippen MR) is 104 cm³/mol. The number of hydrogen-bond donors (Lipinski definition) is 1. The third kappa shape index (κ3) is 4.46. The molecule has 1 N–H and O–H groups in total. The van der Waals surface area contributed by atoms with Gasteiger partial charge >= 0.3 is 0 Å². The fraction of sp³-hybridized carbons (Fsp3) is 0.294. The second-order valence-corrected chi connectivity index (χ2v) is 7.97. The Hall–Kier alpha value is -2.43. The second kappa shape index (κ2) is 8.07. The van der Waals surface area contributed by atoms with E-state index in [2.05, 4.69) is 30.3 Å². The van der Waals surface area contributed by atoms with E-state index in [0.29, 0.717) is 17.2 Å². The summed E-state index contributed by atoms with van der Waals surface area (Å²) < 4.78 is 12.9. The number of carbonyl (C=O) groups is 1. The Balaban J connectivity index is 1.30. The molecule has 7 nitrogen and oxygen atoms in total. The molecule has 0 bridgehead atoms. The van der Waals surface area contributed by atoms with E-state index in [1.54, 1.807) is 11.3 Å². The highest BCUT2D eigenvalue weighted by atomic mass is 32.1. The number of rotatable bonds is 5. The minimum Gasteiger partial charge on any atom is -0.346 e. The number of carbonyl (C=O) groups excluding carboxylic acids is 1.